The zero-order valence-electron chi connectivity index (χ0n) is 16.8. The molecule has 164 valence electrons. The van der Waals surface area contributed by atoms with Gasteiger partial charge in [0.25, 0.3) is 10.0 Å². The van der Waals surface area contributed by atoms with Crippen molar-refractivity contribution in [1.29, 1.82) is 0 Å². The van der Waals surface area contributed by atoms with Crippen LogP contribution in [-0.2, 0) is 19.6 Å². The number of sulfonamides is 1. The Bertz CT molecular complexity index is 772. The molecule has 3 rings (SSSR count). The highest BCUT2D eigenvalue weighted by atomic mass is 35.5. The van der Waals surface area contributed by atoms with Gasteiger partial charge in [-0.3, -0.25) is 9.69 Å². The molecule has 29 heavy (non-hydrogen) atoms. The summed E-state index contributed by atoms with van der Waals surface area (Å²) in [6.45, 7) is 7.98. The zero-order valence-corrected chi connectivity index (χ0v) is 19.2. The van der Waals surface area contributed by atoms with E-state index in [0.717, 1.165) is 50.6 Å². The van der Waals surface area contributed by atoms with Gasteiger partial charge >= 0.3 is 0 Å². The lowest BCUT2D eigenvalue weighted by Crippen LogP contribution is -2.43. The van der Waals surface area contributed by atoms with Gasteiger partial charge in [-0.25, -0.2) is 8.42 Å². The predicted molar refractivity (Wildman–Crippen MR) is 115 cm³/mol. The van der Waals surface area contributed by atoms with Gasteiger partial charge in [0, 0.05) is 38.6 Å². The van der Waals surface area contributed by atoms with Gasteiger partial charge in [-0.05, 0) is 43.9 Å². The largest absolute Gasteiger partial charge is 0.379 e. The summed E-state index contributed by atoms with van der Waals surface area (Å²) in [5.74, 6) is 0.158. The minimum absolute atomic E-state index is 0.0679. The van der Waals surface area contributed by atoms with E-state index in [0.29, 0.717) is 36.8 Å². The Morgan fingerprint density at radius 2 is 1.97 bits per heavy atom. The third-order valence-electron chi connectivity index (χ3n) is 5.82. The van der Waals surface area contributed by atoms with Gasteiger partial charge in [0.15, 0.2) is 0 Å². The van der Waals surface area contributed by atoms with Crippen LogP contribution in [0.4, 0.5) is 0 Å². The van der Waals surface area contributed by atoms with Gasteiger partial charge in [-0.2, -0.15) is 4.31 Å². The summed E-state index contributed by atoms with van der Waals surface area (Å²) in [5.41, 5.74) is 0. The Morgan fingerprint density at radius 3 is 2.59 bits per heavy atom. The summed E-state index contributed by atoms with van der Waals surface area (Å²) in [7, 11) is -3.49. The number of morpholine rings is 1. The average Bonchev–Trinajstić information content (AvgIpc) is 3.18. The molecule has 10 heteroatoms. The van der Waals surface area contributed by atoms with Gasteiger partial charge in [0.05, 0.1) is 17.6 Å². The number of halogens is 1. The summed E-state index contributed by atoms with van der Waals surface area (Å²) >= 11 is 6.97. The Hall–Kier alpha value is -0.710. The zero-order chi connectivity index (χ0) is 20.9. The second-order valence-corrected chi connectivity index (χ2v) is 11.6. The first-order valence-electron chi connectivity index (χ1n) is 10.2. The number of piperidine rings is 1. The molecular formula is C19H30ClN3O4S2. The van der Waals surface area contributed by atoms with Crippen molar-refractivity contribution in [2.24, 2.45) is 11.8 Å². The molecule has 0 unspecified atom stereocenters. The fourth-order valence-electron chi connectivity index (χ4n) is 3.89. The first-order chi connectivity index (χ1) is 13.9. The molecule has 2 aliphatic rings. The van der Waals surface area contributed by atoms with Gasteiger partial charge in [-0.1, -0.05) is 18.5 Å². The third-order valence-corrected chi connectivity index (χ3v) is 9.41. The second-order valence-electron chi connectivity index (χ2n) is 7.69. The van der Waals surface area contributed by atoms with E-state index in [1.807, 2.05) is 6.92 Å². The van der Waals surface area contributed by atoms with Crippen LogP contribution in [0.5, 0.6) is 0 Å². The predicted octanol–water partition coefficient (Wildman–Crippen LogP) is 2.28. The molecular weight excluding hydrogens is 434 g/mol. The quantitative estimate of drug-likeness (QED) is 0.598. The van der Waals surface area contributed by atoms with Crippen molar-refractivity contribution in [1.82, 2.24) is 14.5 Å². The number of hydrogen-bond acceptors (Lipinski definition) is 6. The summed E-state index contributed by atoms with van der Waals surface area (Å²) in [5, 5.41) is 3.05. The highest BCUT2D eigenvalue weighted by molar-refractivity contribution is 7.91. The van der Waals surface area contributed by atoms with Crippen molar-refractivity contribution in [2.45, 2.75) is 30.4 Å². The molecule has 1 aromatic heterocycles. The molecule has 0 aromatic carbocycles. The summed E-state index contributed by atoms with van der Waals surface area (Å²) in [6.07, 6.45) is 2.32. The maximum atomic E-state index is 12.7. The lowest BCUT2D eigenvalue weighted by Gasteiger charge is -2.33. The second kappa shape index (κ2) is 10.5. The normalized spacial score (nSPS) is 21.2. The van der Waals surface area contributed by atoms with Crippen molar-refractivity contribution < 1.29 is 17.9 Å². The van der Waals surface area contributed by atoms with Gasteiger partial charge in [-0.15, -0.1) is 11.3 Å². The summed E-state index contributed by atoms with van der Waals surface area (Å²) < 4.78 is 33.0. The minimum Gasteiger partial charge on any atom is -0.379 e. The molecule has 1 atom stereocenters. The topological polar surface area (TPSA) is 79.0 Å². The Labute approximate surface area is 182 Å². The van der Waals surface area contributed by atoms with Crippen LogP contribution in [-0.4, -0.2) is 76.0 Å². The summed E-state index contributed by atoms with van der Waals surface area (Å²) in [4.78, 5) is 14.9. The van der Waals surface area contributed by atoms with Crippen LogP contribution in [0, 0.1) is 11.8 Å². The van der Waals surface area contributed by atoms with Crippen molar-refractivity contribution in [3.05, 3.63) is 16.5 Å². The van der Waals surface area contributed by atoms with Gasteiger partial charge < -0.3 is 10.1 Å². The summed E-state index contributed by atoms with van der Waals surface area (Å²) in [6, 6.07) is 3.17. The van der Waals surface area contributed by atoms with Crippen LogP contribution in [0.2, 0.25) is 4.34 Å². The lowest BCUT2D eigenvalue weighted by atomic mass is 9.85. The minimum atomic E-state index is -3.49. The van der Waals surface area contributed by atoms with Crippen molar-refractivity contribution >= 4 is 38.9 Å². The molecule has 2 fully saturated rings. The van der Waals surface area contributed by atoms with E-state index in [2.05, 4.69) is 10.2 Å². The van der Waals surface area contributed by atoms with Crippen LogP contribution in [0.1, 0.15) is 26.2 Å². The molecule has 2 aliphatic heterocycles. The smallest absolute Gasteiger partial charge is 0.252 e. The maximum Gasteiger partial charge on any atom is 0.252 e. The lowest BCUT2D eigenvalue weighted by molar-refractivity contribution is -0.126. The molecule has 1 N–H and O–H groups in total. The van der Waals surface area contributed by atoms with Gasteiger partial charge in [0.2, 0.25) is 5.91 Å². The first-order valence-corrected chi connectivity index (χ1v) is 12.8. The van der Waals surface area contributed by atoms with Crippen LogP contribution >= 0.6 is 22.9 Å². The van der Waals surface area contributed by atoms with Gasteiger partial charge in [0.1, 0.15) is 4.21 Å². The number of nitrogens with one attached hydrogen (secondary N) is 1. The van der Waals surface area contributed by atoms with Crippen molar-refractivity contribution in [2.75, 3.05) is 52.5 Å². The molecule has 7 nitrogen and oxygen atoms in total. The SMILES string of the molecule is C[C@H](C(=O)NCCCN1CCOCC1)C1CCN(S(=O)(=O)c2ccc(Cl)s2)CC1. The van der Waals surface area contributed by atoms with Crippen LogP contribution < -0.4 is 5.32 Å². The fraction of sp³-hybridized carbons (Fsp3) is 0.737. The Kier molecular flexibility index (Phi) is 8.35. The average molecular weight is 464 g/mol. The molecule has 0 bridgehead atoms. The highest BCUT2D eigenvalue weighted by Crippen LogP contribution is 2.32. The molecule has 0 saturated carbocycles. The van der Waals surface area contributed by atoms with E-state index in [1.54, 1.807) is 12.1 Å². The van der Waals surface area contributed by atoms with E-state index >= 15 is 0 Å². The molecule has 0 aliphatic carbocycles. The standard InChI is InChI=1S/C19H30ClN3O4S2/c1-15(19(24)21-7-2-8-22-11-13-27-14-12-22)16-5-9-23(10-6-16)29(25,26)18-4-3-17(20)28-18/h3-4,15-16H,2,5-14H2,1H3,(H,21,24)/t15-/m0/s1. The van der Waals surface area contributed by atoms with Crippen LogP contribution in [0.25, 0.3) is 0 Å². The highest BCUT2D eigenvalue weighted by Gasteiger charge is 2.34. The Morgan fingerprint density at radius 1 is 1.28 bits per heavy atom. The van der Waals surface area contributed by atoms with E-state index < -0.39 is 10.0 Å². The number of carbonyl (C=O) groups excluding carboxylic acids is 1. The number of amides is 1. The molecule has 0 radical (unpaired) electrons. The van der Waals surface area contributed by atoms with E-state index in [1.165, 1.54) is 4.31 Å². The fourth-order valence-corrected chi connectivity index (χ4v) is 7.00. The van der Waals surface area contributed by atoms with Crippen molar-refractivity contribution in [3.8, 4) is 0 Å². The van der Waals surface area contributed by atoms with E-state index in [9.17, 15) is 13.2 Å². The number of carbonyl (C=O) groups is 1. The first kappa shape index (κ1) is 23.0. The number of thiophene rings is 1. The van der Waals surface area contributed by atoms with Crippen LogP contribution in [0.15, 0.2) is 16.3 Å². The monoisotopic (exact) mass is 463 g/mol. The Balaban J connectivity index is 1.39. The number of rotatable bonds is 8. The molecule has 0 spiro atoms. The molecule has 2 saturated heterocycles. The number of hydrogen-bond donors (Lipinski definition) is 1. The molecule has 3 heterocycles. The number of ether oxygens (including phenoxy) is 1. The van der Waals surface area contributed by atoms with E-state index in [4.69, 9.17) is 16.3 Å². The van der Waals surface area contributed by atoms with E-state index in [-0.39, 0.29) is 22.0 Å². The maximum absolute atomic E-state index is 12.7. The third kappa shape index (κ3) is 6.15. The van der Waals surface area contributed by atoms with Crippen molar-refractivity contribution in [3.63, 3.8) is 0 Å². The number of nitrogens with zero attached hydrogens (tertiary/aromatic N) is 2. The van der Waals surface area contributed by atoms with Crippen LogP contribution in [0.3, 0.4) is 0 Å². The molecule has 1 aromatic rings. The molecule has 1 amide bonds.